The largest absolute Gasteiger partial charge is 0.370 e. The minimum absolute atomic E-state index is 0.157. The molecule has 0 saturated carbocycles. The van der Waals surface area contributed by atoms with Crippen LogP contribution in [0.1, 0.15) is 41.3 Å². The first-order valence-electron chi connectivity index (χ1n) is 9.73. The molecule has 0 fully saturated rings. The predicted molar refractivity (Wildman–Crippen MR) is 113 cm³/mol. The summed E-state index contributed by atoms with van der Waals surface area (Å²) in [5.41, 5.74) is 2.74. The molecule has 3 aromatic rings. The Bertz CT molecular complexity index is 873. The van der Waals surface area contributed by atoms with E-state index in [4.69, 9.17) is 4.74 Å². The summed E-state index contributed by atoms with van der Waals surface area (Å²) >= 11 is 0. The van der Waals surface area contributed by atoms with Crippen LogP contribution in [0.5, 0.6) is 0 Å². The second kappa shape index (κ2) is 9.65. The van der Waals surface area contributed by atoms with E-state index in [9.17, 15) is 4.79 Å². The number of nitrogens with zero attached hydrogens (tertiary/aromatic N) is 1. The van der Waals surface area contributed by atoms with Crippen LogP contribution in [0.2, 0.25) is 0 Å². The molecule has 3 heteroatoms. The SMILES string of the molecule is CC[N+](CC)=C(OC(=O)c1ccccc1)C(c1ccccc1)c1ccccc1. The van der Waals surface area contributed by atoms with Crippen molar-refractivity contribution in [2.75, 3.05) is 13.1 Å². The topological polar surface area (TPSA) is 29.3 Å². The number of carbonyl (C=O) groups is 1. The van der Waals surface area contributed by atoms with E-state index in [0.29, 0.717) is 11.5 Å². The lowest BCUT2D eigenvalue weighted by atomic mass is 9.90. The Hall–Kier alpha value is -3.20. The van der Waals surface area contributed by atoms with Crippen molar-refractivity contribution in [1.82, 2.24) is 0 Å². The lowest BCUT2D eigenvalue weighted by Crippen LogP contribution is -2.32. The van der Waals surface area contributed by atoms with Gasteiger partial charge in [0.2, 0.25) is 0 Å². The van der Waals surface area contributed by atoms with Gasteiger partial charge in [-0.3, -0.25) is 0 Å². The highest BCUT2D eigenvalue weighted by Gasteiger charge is 2.32. The molecule has 3 nitrogen and oxygen atoms in total. The van der Waals surface area contributed by atoms with Gasteiger partial charge >= 0.3 is 11.9 Å². The molecule has 3 rings (SSSR count). The predicted octanol–water partition coefficient (Wildman–Crippen LogP) is 5.13. The molecule has 3 aromatic carbocycles. The quantitative estimate of drug-likeness (QED) is 0.260. The summed E-state index contributed by atoms with van der Waals surface area (Å²) in [6, 6.07) is 29.5. The molecule has 0 unspecified atom stereocenters. The van der Waals surface area contributed by atoms with E-state index in [1.807, 2.05) is 54.6 Å². The van der Waals surface area contributed by atoms with Crippen molar-refractivity contribution in [1.29, 1.82) is 0 Å². The maximum atomic E-state index is 12.9. The summed E-state index contributed by atoms with van der Waals surface area (Å²) in [6.45, 7) is 5.66. The molecule has 0 spiro atoms. The van der Waals surface area contributed by atoms with E-state index in [1.54, 1.807) is 12.1 Å². The normalized spacial score (nSPS) is 10.5. The highest BCUT2D eigenvalue weighted by Crippen LogP contribution is 2.27. The van der Waals surface area contributed by atoms with Gasteiger partial charge in [-0.2, -0.15) is 0 Å². The van der Waals surface area contributed by atoms with Crippen LogP contribution in [0, 0.1) is 0 Å². The summed E-state index contributed by atoms with van der Waals surface area (Å²) in [7, 11) is 0. The summed E-state index contributed by atoms with van der Waals surface area (Å²) in [5, 5.41) is 0. The van der Waals surface area contributed by atoms with E-state index in [0.717, 1.165) is 24.2 Å². The molecule has 0 bridgehead atoms. The van der Waals surface area contributed by atoms with Gasteiger partial charge in [0.15, 0.2) is 0 Å². The third-order valence-electron chi connectivity index (χ3n) is 4.79. The first-order chi connectivity index (χ1) is 13.7. The van der Waals surface area contributed by atoms with Crippen molar-refractivity contribution in [2.24, 2.45) is 0 Å². The first kappa shape index (κ1) is 19.6. The summed E-state index contributed by atoms with van der Waals surface area (Å²) in [4.78, 5) is 12.9. The molecule has 0 radical (unpaired) electrons. The molecule has 28 heavy (non-hydrogen) atoms. The molecule has 0 aliphatic carbocycles. The number of carbonyl (C=O) groups excluding carboxylic acids is 1. The molecule has 0 aliphatic heterocycles. The highest BCUT2D eigenvalue weighted by molar-refractivity contribution is 5.99. The van der Waals surface area contributed by atoms with Gasteiger partial charge in [-0.1, -0.05) is 78.9 Å². The zero-order valence-corrected chi connectivity index (χ0v) is 16.4. The average Bonchev–Trinajstić information content (AvgIpc) is 2.77. The minimum atomic E-state index is -0.334. The Morgan fingerprint density at radius 2 is 1.18 bits per heavy atom. The molecular formula is C25H26NO2+. The molecule has 0 amide bonds. The van der Waals surface area contributed by atoms with Gasteiger partial charge in [0, 0.05) is 0 Å². The van der Waals surface area contributed by atoms with Gasteiger partial charge in [-0.25, -0.2) is 9.37 Å². The molecule has 0 saturated heterocycles. The van der Waals surface area contributed by atoms with Gasteiger partial charge in [0.25, 0.3) is 0 Å². The summed E-state index contributed by atoms with van der Waals surface area (Å²) < 4.78 is 8.17. The third-order valence-corrected chi connectivity index (χ3v) is 4.79. The van der Waals surface area contributed by atoms with Gasteiger partial charge in [0.1, 0.15) is 19.0 Å². The smallest absolute Gasteiger partial charge is 0.356 e. The van der Waals surface area contributed by atoms with Crippen molar-refractivity contribution in [3.05, 3.63) is 108 Å². The van der Waals surface area contributed by atoms with E-state index in [1.165, 1.54) is 0 Å². The maximum absolute atomic E-state index is 12.9. The number of benzene rings is 3. The molecular weight excluding hydrogens is 346 g/mol. The number of esters is 1. The highest BCUT2D eigenvalue weighted by atomic mass is 16.5. The van der Waals surface area contributed by atoms with Crippen LogP contribution in [0.15, 0.2) is 91.0 Å². The zero-order chi connectivity index (χ0) is 19.8. The summed E-state index contributed by atoms with van der Waals surface area (Å²) in [5.74, 6) is 0.172. The Morgan fingerprint density at radius 3 is 1.61 bits per heavy atom. The van der Waals surface area contributed by atoms with Crippen molar-refractivity contribution < 1.29 is 14.1 Å². The fourth-order valence-corrected chi connectivity index (χ4v) is 3.34. The first-order valence-corrected chi connectivity index (χ1v) is 9.73. The van der Waals surface area contributed by atoms with Crippen molar-refractivity contribution >= 4 is 11.9 Å². The van der Waals surface area contributed by atoms with E-state index in [-0.39, 0.29) is 11.9 Å². The third kappa shape index (κ3) is 4.55. The standard InChI is InChI=1S/C25H26NO2/c1-3-26(4-2)24(28-25(27)22-18-12-7-13-19-22)23(20-14-8-5-9-15-20)21-16-10-6-11-17-21/h5-19,23H,3-4H2,1-2H3/q+1. The van der Waals surface area contributed by atoms with Gasteiger partial charge in [0.05, 0.1) is 5.56 Å². The van der Waals surface area contributed by atoms with E-state index in [2.05, 4.69) is 42.7 Å². The lowest BCUT2D eigenvalue weighted by molar-refractivity contribution is -0.529. The molecule has 142 valence electrons. The molecule has 0 aliphatic rings. The Kier molecular flexibility index (Phi) is 6.74. The van der Waals surface area contributed by atoms with Crippen LogP contribution in [0.25, 0.3) is 0 Å². The van der Waals surface area contributed by atoms with Crippen molar-refractivity contribution in [2.45, 2.75) is 19.8 Å². The van der Waals surface area contributed by atoms with Gasteiger partial charge < -0.3 is 4.74 Å². The van der Waals surface area contributed by atoms with Crippen LogP contribution in [-0.4, -0.2) is 29.5 Å². The number of ether oxygens (including phenoxy) is 1. The maximum Gasteiger partial charge on any atom is 0.356 e. The fourth-order valence-electron chi connectivity index (χ4n) is 3.34. The number of hydrogen-bond acceptors (Lipinski definition) is 2. The second-order valence-electron chi connectivity index (χ2n) is 6.52. The Morgan fingerprint density at radius 1 is 0.750 bits per heavy atom. The van der Waals surface area contributed by atoms with Crippen LogP contribution < -0.4 is 0 Å². The van der Waals surface area contributed by atoms with Crippen LogP contribution in [0.4, 0.5) is 0 Å². The monoisotopic (exact) mass is 372 g/mol. The minimum Gasteiger partial charge on any atom is -0.370 e. The van der Waals surface area contributed by atoms with Crippen LogP contribution in [-0.2, 0) is 4.74 Å². The molecule has 0 aromatic heterocycles. The van der Waals surface area contributed by atoms with E-state index >= 15 is 0 Å². The Labute approximate surface area is 166 Å². The number of hydrogen-bond donors (Lipinski definition) is 0. The molecule has 0 heterocycles. The lowest BCUT2D eigenvalue weighted by Gasteiger charge is -2.19. The van der Waals surface area contributed by atoms with Gasteiger partial charge in [-0.15, -0.1) is 0 Å². The van der Waals surface area contributed by atoms with Crippen LogP contribution >= 0.6 is 0 Å². The van der Waals surface area contributed by atoms with Crippen molar-refractivity contribution in [3.63, 3.8) is 0 Å². The van der Waals surface area contributed by atoms with Crippen molar-refractivity contribution in [3.8, 4) is 0 Å². The van der Waals surface area contributed by atoms with E-state index < -0.39 is 0 Å². The van der Waals surface area contributed by atoms with Crippen LogP contribution in [0.3, 0.4) is 0 Å². The van der Waals surface area contributed by atoms with Gasteiger partial charge in [-0.05, 0) is 37.1 Å². The average molecular weight is 372 g/mol. The second-order valence-corrected chi connectivity index (χ2v) is 6.52. The molecule has 0 N–H and O–H groups in total. The number of rotatable bonds is 6. The summed E-state index contributed by atoms with van der Waals surface area (Å²) in [6.07, 6.45) is 0. The Balaban J connectivity index is 2.10. The zero-order valence-electron chi connectivity index (χ0n) is 16.4. The molecule has 0 atom stereocenters. The fraction of sp³-hybridized carbons (Fsp3) is 0.200.